The molecule has 3 nitrogen and oxygen atoms in total. The molecular formula is C13H14BrNO2. The van der Waals surface area contributed by atoms with Gasteiger partial charge in [0.25, 0.3) is 11.7 Å². The third-order valence-corrected chi connectivity index (χ3v) is 3.36. The Morgan fingerprint density at radius 2 is 2.00 bits per heavy atom. The number of Topliss-reactive ketones (excluding diaryl/α,β-unsaturated/α-hetero) is 1. The van der Waals surface area contributed by atoms with Crippen LogP contribution in [0.25, 0.3) is 0 Å². The molecule has 0 atom stereocenters. The van der Waals surface area contributed by atoms with Gasteiger partial charge in [0.2, 0.25) is 0 Å². The average molecular weight is 296 g/mol. The lowest BCUT2D eigenvalue weighted by atomic mass is 10.1. The molecule has 0 fully saturated rings. The van der Waals surface area contributed by atoms with Crippen LogP contribution in [0, 0.1) is 5.92 Å². The highest BCUT2D eigenvalue weighted by Crippen LogP contribution is 2.31. The third-order valence-electron chi connectivity index (χ3n) is 2.86. The van der Waals surface area contributed by atoms with Crippen molar-refractivity contribution in [3.05, 3.63) is 28.2 Å². The van der Waals surface area contributed by atoms with Gasteiger partial charge in [-0.1, -0.05) is 29.8 Å². The quantitative estimate of drug-likeness (QED) is 0.804. The van der Waals surface area contributed by atoms with E-state index in [-0.39, 0.29) is 0 Å². The summed E-state index contributed by atoms with van der Waals surface area (Å²) >= 11 is 3.31. The van der Waals surface area contributed by atoms with Gasteiger partial charge >= 0.3 is 0 Å². The van der Waals surface area contributed by atoms with E-state index in [1.807, 2.05) is 12.1 Å². The SMILES string of the molecule is CC(C)CCN1C(=O)C(=O)c2cc(Br)ccc21. The lowest BCUT2D eigenvalue weighted by molar-refractivity contribution is -0.114. The van der Waals surface area contributed by atoms with Gasteiger partial charge in [0.15, 0.2) is 0 Å². The highest BCUT2D eigenvalue weighted by molar-refractivity contribution is 9.10. The van der Waals surface area contributed by atoms with Crippen LogP contribution in [0.4, 0.5) is 5.69 Å². The van der Waals surface area contributed by atoms with E-state index < -0.39 is 11.7 Å². The van der Waals surface area contributed by atoms with Crippen LogP contribution in [0.1, 0.15) is 30.6 Å². The van der Waals surface area contributed by atoms with Crippen LogP contribution >= 0.6 is 15.9 Å². The molecule has 1 amide bonds. The highest BCUT2D eigenvalue weighted by Gasteiger charge is 2.35. The third kappa shape index (κ3) is 2.27. The van der Waals surface area contributed by atoms with Crippen LogP contribution in [0.3, 0.4) is 0 Å². The zero-order chi connectivity index (χ0) is 12.6. The minimum atomic E-state index is -0.404. The summed E-state index contributed by atoms with van der Waals surface area (Å²) in [4.78, 5) is 25.2. The molecule has 0 N–H and O–H groups in total. The van der Waals surface area contributed by atoms with Gasteiger partial charge in [-0.3, -0.25) is 9.59 Å². The predicted molar refractivity (Wildman–Crippen MR) is 70.3 cm³/mol. The van der Waals surface area contributed by atoms with E-state index in [1.165, 1.54) is 0 Å². The van der Waals surface area contributed by atoms with Gasteiger partial charge in [-0.25, -0.2) is 0 Å². The van der Waals surface area contributed by atoms with Gasteiger partial charge in [-0.05, 0) is 30.5 Å². The second-order valence-corrected chi connectivity index (χ2v) is 5.55. The van der Waals surface area contributed by atoms with Crippen LogP contribution in [-0.2, 0) is 4.79 Å². The Hall–Kier alpha value is -1.16. The zero-order valence-electron chi connectivity index (χ0n) is 9.87. The monoisotopic (exact) mass is 295 g/mol. The fraction of sp³-hybridized carbons (Fsp3) is 0.385. The van der Waals surface area contributed by atoms with Crippen molar-refractivity contribution in [3.63, 3.8) is 0 Å². The van der Waals surface area contributed by atoms with Gasteiger partial charge in [0, 0.05) is 11.0 Å². The molecule has 0 bridgehead atoms. The molecule has 90 valence electrons. The molecule has 1 aliphatic heterocycles. The first-order chi connectivity index (χ1) is 8.00. The average Bonchev–Trinajstić information content (AvgIpc) is 2.50. The molecule has 0 radical (unpaired) electrons. The molecule has 0 aromatic heterocycles. The number of carbonyl (C=O) groups is 2. The second-order valence-electron chi connectivity index (χ2n) is 4.63. The molecule has 4 heteroatoms. The van der Waals surface area contributed by atoms with E-state index >= 15 is 0 Å². The Kier molecular flexibility index (Phi) is 3.33. The number of rotatable bonds is 3. The summed E-state index contributed by atoms with van der Waals surface area (Å²) in [5.41, 5.74) is 1.25. The first kappa shape index (κ1) is 12.3. The van der Waals surface area contributed by atoms with E-state index in [4.69, 9.17) is 0 Å². The molecule has 0 spiro atoms. The minimum Gasteiger partial charge on any atom is -0.305 e. The topological polar surface area (TPSA) is 37.4 Å². The maximum atomic E-state index is 11.8. The summed E-state index contributed by atoms with van der Waals surface area (Å²) in [6.07, 6.45) is 0.897. The first-order valence-corrected chi connectivity index (χ1v) is 6.45. The van der Waals surface area contributed by atoms with Crippen molar-refractivity contribution >= 4 is 33.3 Å². The number of amides is 1. The Balaban J connectivity index is 2.31. The maximum Gasteiger partial charge on any atom is 0.299 e. The Morgan fingerprint density at radius 3 is 2.65 bits per heavy atom. The zero-order valence-corrected chi connectivity index (χ0v) is 11.5. The number of hydrogen-bond acceptors (Lipinski definition) is 2. The molecule has 2 rings (SSSR count). The molecule has 17 heavy (non-hydrogen) atoms. The summed E-state index contributed by atoms with van der Waals surface area (Å²) in [6.45, 7) is 4.81. The minimum absolute atomic E-state index is 0.398. The van der Waals surface area contributed by atoms with Crippen LogP contribution in [0.5, 0.6) is 0 Å². The van der Waals surface area contributed by atoms with Gasteiger partial charge in [-0.2, -0.15) is 0 Å². The van der Waals surface area contributed by atoms with E-state index in [9.17, 15) is 9.59 Å². The fourth-order valence-corrected chi connectivity index (χ4v) is 2.24. The van der Waals surface area contributed by atoms with Crippen molar-refractivity contribution in [1.29, 1.82) is 0 Å². The number of anilines is 1. The molecule has 1 aromatic rings. The summed E-state index contributed by atoms with van der Waals surface area (Å²) < 4.78 is 0.822. The van der Waals surface area contributed by atoms with E-state index in [2.05, 4.69) is 29.8 Å². The molecule has 1 heterocycles. The number of ketones is 1. The highest BCUT2D eigenvalue weighted by atomic mass is 79.9. The molecule has 0 saturated heterocycles. The number of halogens is 1. The second kappa shape index (κ2) is 4.61. The van der Waals surface area contributed by atoms with Crippen molar-refractivity contribution in [2.75, 3.05) is 11.4 Å². The lowest BCUT2D eigenvalue weighted by Gasteiger charge is -2.17. The van der Waals surface area contributed by atoms with Crippen molar-refractivity contribution < 1.29 is 9.59 Å². The molecule has 1 aromatic carbocycles. The molecular weight excluding hydrogens is 282 g/mol. The van der Waals surface area contributed by atoms with E-state index in [0.717, 1.165) is 16.6 Å². The van der Waals surface area contributed by atoms with Crippen molar-refractivity contribution in [2.24, 2.45) is 5.92 Å². The number of benzene rings is 1. The summed E-state index contributed by atoms with van der Waals surface area (Å²) in [6, 6.07) is 5.39. The number of carbonyl (C=O) groups excluding carboxylic acids is 2. The van der Waals surface area contributed by atoms with Crippen LogP contribution in [0.2, 0.25) is 0 Å². The van der Waals surface area contributed by atoms with Crippen molar-refractivity contribution in [3.8, 4) is 0 Å². The largest absolute Gasteiger partial charge is 0.305 e. The number of nitrogens with zero attached hydrogens (tertiary/aromatic N) is 1. The summed E-state index contributed by atoms with van der Waals surface area (Å²) in [5, 5.41) is 0. The predicted octanol–water partition coefficient (Wildman–Crippen LogP) is 3.02. The van der Waals surface area contributed by atoms with E-state index in [0.29, 0.717) is 18.0 Å². The van der Waals surface area contributed by atoms with E-state index in [1.54, 1.807) is 11.0 Å². The summed E-state index contributed by atoms with van der Waals surface area (Å²) in [7, 11) is 0. The maximum absolute atomic E-state index is 11.8. The van der Waals surface area contributed by atoms with Gasteiger partial charge in [0.1, 0.15) is 0 Å². The van der Waals surface area contributed by atoms with Crippen LogP contribution in [0.15, 0.2) is 22.7 Å². The molecule has 0 saturated carbocycles. The Bertz CT molecular complexity index is 482. The molecule has 0 aliphatic carbocycles. The first-order valence-electron chi connectivity index (χ1n) is 5.66. The Labute approximate surface area is 109 Å². The smallest absolute Gasteiger partial charge is 0.299 e. The molecule has 0 unspecified atom stereocenters. The van der Waals surface area contributed by atoms with Crippen molar-refractivity contribution in [1.82, 2.24) is 0 Å². The standard InChI is InChI=1S/C13H14BrNO2/c1-8(2)5-6-15-11-4-3-9(14)7-10(11)12(16)13(15)17/h3-4,7-8H,5-6H2,1-2H3. The van der Waals surface area contributed by atoms with Gasteiger partial charge < -0.3 is 4.90 Å². The fourth-order valence-electron chi connectivity index (χ4n) is 1.88. The number of fused-ring (bicyclic) bond motifs is 1. The van der Waals surface area contributed by atoms with Gasteiger partial charge in [-0.15, -0.1) is 0 Å². The molecule has 1 aliphatic rings. The normalized spacial score (nSPS) is 14.7. The van der Waals surface area contributed by atoms with Crippen molar-refractivity contribution in [2.45, 2.75) is 20.3 Å². The van der Waals surface area contributed by atoms with Crippen LogP contribution in [-0.4, -0.2) is 18.2 Å². The summed E-state index contributed by atoms with van der Waals surface area (Å²) in [5.74, 6) is -0.291. The lowest BCUT2D eigenvalue weighted by Crippen LogP contribution is -2.31. The Morgan fingerprint density at radius 1 is 1.29 bits per heavy atom. The van der Waals surface area contributed by atoms with Gasteiger partial charge in [0.05, 0.1) is 11.3 Å². The number of hydrogen-bond donors (Lipinski definition) is 0. The van der Waals surface area contributed by atoms with Crippen LogP contribution < -0.4 is 4.90 Å².